The molecule has 1 N–H and O–H groups in total. The summed E-state index contributed by atoms with van der Waals surface area (Å²) in [6.45, 7) is 4.37. The maximum Gasteiger partial charge on any atom is 0.321 e. The van der Waals surface area contributed by atoms with Crippen LogP contribution in [0.3, 0.4) is 0 Å². The molecule has 8 nitrogen and oxygen atoms in total. The Hall–Kier alpha value is -2.39. The Balaban J connectivity index is 1.42. The standard InChI is InChI=1S/C20H26N4O4S/c1-14-19(15(2)28-22-14)29(26,27)24-12-10-23(11-13-24)20(25)21-18-9-5-7-16-6-3-4-8-17(16)18/h5,7,9H,3-4,6,8,10-13H2,1-2H3,(H,21,25). The molecule has 4 rings (SSSR count). The molecule has 156 valence electrons. The van der Waals surface area contributed by atoms with Gasteiger partial charge in [0.15, 0.2) is 5.76 Å². The Morgan fingerprint density at radius 2 is 1.83 bits per heavy atom. The van der Waals surface area contributed by atoms with E-state index in [0.29, 0.717) is 18.8 Å². The van der Waals surface area contributed by atoms with E-state index in [2.05, 4.69) is 16.5 Å². The van der Waals surface area contributed by atoms with E-state index in [9.17, 15) is 13.2 Å². The molecule has 1 aromatic carbocycles. The molecule has 29 heavy (non-hydrogen) atoms. The molecule has 0 radical (unpaired) electrons. The molecular formula is C20H26N4O4S. The largest absolute Gasteiger partial charge is 0.360 e. The zero-order valence-corrected chi connectivity index (χ0v) is 17.6. The number of nitrogens with zero attached hydrogens (tertiary/aromatic N) is 3. The predicted octanol–water partition coefficient (Wildman–Crippen LogP) is 2.71. The summed E-state index contributed by atoms with van der Waals surface area (Å²) in [6, 6.07) is 5.87. The topological polar surface area (TPSA) is 95.8 Å². The Labute approximate surface area is 170 Å². The number of hydrogen-bond acceptors (Lipinski definition) is 5. The van der Waals surface area contributed by atoms with Gasteiger partial charge in [0, 0.05) is 31.9 Å². The van der Waals surface area contributed by atoms with Crippen LogP contribution >= 0.6 is 0 Å². The average Bonchev–Trinajstić information content (AvgIpc) is 3.07. The molecule has 0 saturated carbocycles. The number of nitrogens with one attached hydrogen (secondary N) is 1. The van der Waals surface area contributed by atoms with Gasteiger partial charge in [-0.1, -0.05) is 17.3 Å². The van der Waals surface area contributed by atoms with Crippen molar-refractivity contribution in [1.29, 1.82) is 0 Å². The molecule has 2 heterocycles. The van der Waals surface area contributed by atoms with Crippen LogP contribution in [0.1, 0.15) is 35.4 Å². The zero-order chi connectivity index (χ0) is 20.6. The lowest BCUT2D eigenvalue weighted by Crippen LogP contribution is -2.51. The number of sulfonamides is 1. The number of benzene rings is 1. The quantitative estimate of drug-likeness (QED) is 0.827. The molecule has 2 aromatic rings. The van der Waals surface area contributed by atoms with Crippen LogP contribution in [0.25, 0.3) is 0 Å². The van der Waals surface area contributed by atoms with Crippen molar-refractivity contribution < 1.29 is 17.7 Å². The van der Waals surface area contributed by atoms with Crippen LogP contribution in [0.4, 0.5) is 10.5 Å². The third-order valence-electron chi connectivity index (χ3n) is 5.73. The van der Waals surface area contributed by atoms with E-state index in [4.69, 9.17) is 4.52 Å². The van der Waals surface area contributed by atoms with Crippen molar-refractivity contribution >= 4 is 21.7 Å². The summed E-state index contributed by atoms with van der Waals surface area (Å²) in [6.07, 6.45) is 4.36. The molecule has 1 saturated heterocycles. The first-order valence-electron chi connectivity index (χ1n) is 9.97. The highest BCUT2D eigenvalue weighted by molar-refractivity contribution is 7.89. The molecule has 0 unspecified atom stereocenters. The summed E-state index contributed by atoms with van der Waals surface area (Å²) in [7, 11) is -3.68. The molecule has 0 spiro atoms. The van der Waals surface area contributed by atoms with E-state index in [-0.39, 0.29) is 29.8 Å². The number of aryl methyl sites for hydroxylation is 3. The molecule has 1 aliphatic heterocycles. The van der Waals surface area contributed by atoms with E-state index >= 15 is 0 Å². The number of urea groups is 1. The zero-order valence-electron chi connectivity index (χ0n) is 16.8. The van der Waals surface area contributed by atoms with Gasteiger partial charge in [-0.3, -0.25) is 0 Å². The smallest absolute Gasteiger partial charge is 0.321 e. The number of carbonyl (C=O) groups is 1. The number of amides is 2. The van der Waals surface area contributed by atoms with Gasteiger partial charge in [0.1, 0.15) is 10.6 Å². The van der Waals surface area contributed by atoms with Crippen molar-refractivity contribution in [2.75, 3.05) is 31.5 Å². The SMILES string of the molecule is Cc1noc(C)c1S(=O)(=O)N1CCN(C(=O)Nc2cccc3c2CCCC3)CC1. The number of aromatic nitrogens is 1. The predicted molar refractivity (Wildman–Crippen MR) is 108 cm³/mol. The highest BCUT2D eigenvalue weighted by Crippen LogP contribution is 2.28. The monoisotopic (exact) mass is 418 g/mol. The molecule has 1 fully saturated rings. The van der Waals surface area contributed by atoms with Gasteiger partial charge in [-0.15, -0.1) is 0 Å². The van der Waals surface area contributed by atoms with Gasteiger partial charge in [-0.05, 0) is 56.7 Å². The van der Waals surface area contributed by atoms with Gasteiger partial charge in [0.2, 0.25) is 10.0 Å². The number of anilines is 1. The highest BCUT2D eigenvalue weighted by Gasteiger charge is 2.34. The number of rotatable bonds is 3. The fraction of sp³-hybridized carbons (Fsp3) is 0.500. The molecule has 9 heteroatoms. The molecular weight excluding hydrogens is 392 g/mol. The second-order valence-corrected chi connectivity index (χ2v) is 9.50. The number of carbonyl (C=O) groups excluding carboxylic acids is 1. The Kier molecular flexibility index (Phi) is 5.35. The Morgan fingerprint density at radius 1 is 1.10 bits per heavy atom. The van der Waals surface area contributed by atoms with Crippen molar-refractivity contribution in [1.82, 2.24) is 14.4 Å². The Morgan fingerprint density at radius 3 is 2.52 bits per heavy atom. The van der Waals surface area contributed by atoms with Crippen molar-refractivity contribution in [3.63, 3.8) is 0 Å². The summed E-state index contributed by atoms with van der Waals surface area (Å²) in [5.74, 6) is 0.288. The second kappa shape index (κ2) is 7.79. The lowest BCUT2D eigenvalue weighted by Gasteiger charge is -2.34. The van der Waals surface area contributed by atoms with Gasteiger partial charge in [0.05, 0.1) is 0 Å². The molecule has 0 atom stereocenters. The van der Waals surface area contributed by atoms with E-state index in [0.717, 1.165) is 24.9 Å². The van der Waals surface area contributed by atoms with Gasteiger partial charge in [0.25, 0.3) is 0 Å². The summed E-state index contributed by atoms with van der Waals surface area (Å²) < 4.78 is 32.3. The summed E-state index contributed by atoms with van der Waals surface area (Å²) in [5, 5.41) is 6.78. The van der Waals surface area contributed by atoms with Crippen LogP contribution in [0.15, 0.2) is 27.6 Å². The van der Waals surface area contributed by atoms with Gasteiger partial charge in [-0.25, -0.2) is 13.2 Å². The van der Waals surface area contributed by atoms with Crippen LogP contribution in [0.5, 0.6) is 0 Å². The van der Waals surface area contributed by atoms with E-state index < -0.39 is 10.0 Å². The lowest BCUT2D eigenvalue weighted by atomic mass is 9.90. The molecule has 2 aliphatic rings. The first-order chi connectivity index (χ1) is 13.9. The minimum atomic E-state index is -3.68. The summed E-state index contributed by atoms with van der Waals surface area (Å²) >= 11 is 0. The molecule has 1 aliphatic carbocycles. The number of hydrogen-bond donors (Lipinski definition) is 1. The van der Waals surface area contributed by atoms with Crippen molar-refractivity contribution in [2.24, 2.45) is 0 Å². The molecule has 1 aromatic heterocycles. The van der Waals surface area contributed by atoms with E-state index in [1.165, 1.54) is 21.9 Å². The van der Waals surface area contributed by atoms with Crippen molar-refractivity contribution in [3.05, 3.63) is 40.8 Å². The van der Waals surface area contributed by atoms with Crippen molar-refractivity contribution in [2.45, 2.75) is 44.4 Å². The minimum absolute atomic E-state index is 0.131. The Bertz CT molecular complexity index is 1000. The second-order valence-electron chi connectivity index (χ2n) is 7.62. The fourth-order valence-electron chi connectivity index (χ4n) is 4.20. The maximum absolute atomic E-state index is 12.9. The van der Waals surface area contributed by atoms with Crippen molar-refractivity contribution in [3.8, 4) is 0 Å². The van der Waals surface area contributed by atoms with E-state index in [1.807, 2.05) is 12.1 Å². The van der Waals surface area contributed by atoms with Crippen LogP contribution in [-0.2, 0) is 22.9 Å². The number of fused-ring (bicyclic) bond motifs is 1. The van der Waals surface area contributed by atoms with Crippen LogP contribution in [0, 0.1) is 13.8 Å². The van der Waals surface area contributed by atoms with Crippen LogP contribution < -0.4 is 5.32 Å². The minimum Gasteiger partial charge on any atom is -0.360 e. The van der Waals surface area contributed by atoms with Crippen LogP contribution in [0.2, 0.25) is 0 Å². The van der Waals surface area contributed by atoms with Gasteiger partial charge >= 0.3 is 6.03 Å². The number of piperazine rings is 1. The van der Waals surface area contributed by atoms with E-state index in [1.54, 1.807) is 18.7 Å². The maximum atomic E-state index is 12.9. The normalized spacial score (nSPS) is 17.8. The fourth-order valence-corrected chi connectivity index (χ4v) is 5.91. The summed E-state index contributed by atoms with van der Waals surface area (Å²) in [4.78, 5) is 14.6. The average molecular weight is 419 g/mol. The molecule has 2 amide bonds. The lowest BCUT2D eigenvalue weighted by molar-refractivity contribution is 0.184. The van der Waals surface area contributed by atoms with Crippen LogP contribution in [-0.4, -0.2) is 55.0 Å². The van der Waals surface area contributed by atoms with Gasteiger partial charge in [-0.2, -0.15) is 4.31 Å². The van der Waals surface area contributed by atoms with Gasteiger partial charge < -0.3 is 14.7 Å². The first-order valence-corrected chi connectivity index (χ1v) is 11.4. The summed E-state index contributed by atoms with van der Waals surface area (Å²) in [5.41, 5.74) is 3.77. The third-order valence-corrected chi connectivity index (χ3v) is 7.87. The molecule has 0 bridgehead atoms. The highest BCUT2D eigenvalue weighted by atomic mass is 32.2. The first kappa shape index (κ1) is 19.9. The third kappa shape index (κ3) is 3.76.